The first-order valence-corrected chi connectivity index (χ1v) is 14.8. The van der Waals surface area contributed by atoms with Gasteiger partial charge < -0.3 is 23.7 Å². The molecule has 5 aliphatic carbocycles. The zero-order valence-electron chi connectivity index (χ0n) is 22.9. The standard InChI is InChI=1S/C30H44O8/c1-20(2)26(31)38-30-14-21-13-29(17-30,28(33)37-19-35-23-11-7-4-8-12-23)15-25(24(21)16-30)27(32)36-18-34-22-9-5-3-6-10-22/h21-25H,1,3-19H2,2H3. The van der Waals surface area contributed by atoms with Gasteiger partial charge in [0.15, 0.2) is 13.6 Å². The molecule has 0 aromatic carbocycles. The lowest BCUT2D eigenvalue weighted by Crippen LogP contribution is -2.51. The summed E-state index contributed by atoms with van der Waals surface area (Å²) in [6.07, 6.45) is 13.8. The van der Waals surface area contributed by atoms with Crippen molar-refractivity contribution in [1.82, 2.24) is 0 Å². The zero-order valence-corrected chi connectivity index (χ0v) is 22.9. The number of carbonyl (C=O) groups is 3. The normalized spacial score (nSPS) is 35.0. The summed E-state index contributed by atoms with van der Waals surface area (Å²) in [7, 11) is 0. The van der Waals surface area contributed by atoms with E-state index in [0.29, 0.717) is 37.7 Å². The van der Waals surface area contributed by atoms with Crippen LogP contribution in [0.4, 0.5) is 0 Å². The van der Waals surface area contributed by atoms with Crippen molar-refractivity contribution in [2.24, 2.45) is 23.2 Å². The fourth-order valence-corrected chi connectivity index (χ4v) is 8.06. The first-order valence-electron chi connectivity index (χ1n) is 14.8. The van der Waals surface area contributed by atoms with Gasteiger partial charge >= 0.3 is 17.9 Å². The van der Waals surface area contributed by atoms with E-state index >= 15 is 0 Å². The van der Waals surface area contributed by atoms with Crippen LogP contribution in [-0.2, 0) is 38.1 Å². The van der Waals surface area contributed by atoms with Crippen LogP contribution in [-0.4, -0.2) is 49.3 Å². The Morgan fingerprint density at radius 1 is 0.789 bits per heavy atom. The van der Waals surface area contributed by atoms with Crippen molar-refractivity contribution in [3.05, 3.63) is 12.2 Å². The predicted octanol–water partition coefficient (Wildman–Crippen LogP) is 5.37. The van der Waals surface area contributed by atoms with Gasteiger partial charge in [0.2, 0.25) is 0 Å². The molecule has 0 saturated heterocycles. The fourth-order valence-electron chi connectivity index (χ4n) is 8.06. The number of esters is 3. The zero-order chi connectivity index (χ0) is 26.8. The van der Waals surface area contributed by atoms with E-state index in [1.54, 1.807) is 6.92 Å². The largest absolute Gasteiger partial charge is 0.456 e. The average molecular weight is 533 g/mol. The average Bonchev–Trinajstić information content (AvgIpc) is 3.11. The highest BCUT2D eigenvalue weighted by molar-refractivity contribution is 5.87. The summed E-state index contributed by atoms with van der Waals surface area (Å²) < 4.78 is 29.1. The van der Waals surface area contributed by atoms with Crippen LogP contribution in [0.1, 0.15) is 103 Å². The first-order chi connectivity index (χ1) is 18.3. The number of rotatable bonds is 10. The highest BCUT2D eigenvalue weighted by Gasteiger charge is 2.67. The van der Waals surface area contributed by atoms with Gasteiger partial charge in [0.05, 0.1) is 23.5 Å². The summed E-state index contributed by atoms with van der Waals surface area (Å²) in [4.78, 5) is 39.6. The lowest BCUT2D eigenvalue weighted by atomic mass is 9.58. The Kier molecular flexibility index (Phi) is 8.48. The monoisotopic (exact) mass is 532 g/mol. The topological polar surface area (TPSA) is 97.4 Å². The lowest BCUT2D eigenvalue weighted by molar-refractivity contribution is -0.193. The van der Waals surface area contributed by atoms with Gasteiger partial charge in [-0.3, -0.25) is 9.59 Å². The van der Waals surface area contributed by atoms with E-state index in [4.69, 9.17) is 23.7 Å². The van der Waals surface area contributed by atoms with Gasteiger partial charge in [0.1, 0.15) is 5.60 Å². The van der Waals surface area contributed by atoms with Crippen molar-refractivity contribution in [3.63, 3.8) is 0 Å². The minimum absolute atomic E-state index is 0.00276. The molecule has 5 saturated carbocycles. The molecule has 5 unspecified atom stereocenters. The fraction of sp³-hybridized carbons (Fsp3) is 0.833. The van der Waals surface area contributed by atoms with Crippen LogP contribution in [0, 0.1) is 23.2 Å². The Balaban J connectivity index is 1.27. The third-order valence-corrected chi connectivity index (χ3v) is 9.78. The molecule has 0 aromatic rings. The smallest absolute Gasteiger partial charge is 0.333 e. The predicted molar refractivity (Wildman–Crippen MR) is 137 cm³/mol. The number of carbonyl (C=O) groups excluding carboxylic acids is 3. The molecule has 3 bridgehead atoms. The minimum Gasteiger partial charge on any atom is -0.456 e. The molecule has 5 atom stereocenters. The maximum Gasteiger partial charge on any atom is 0.333 e. The molecule has 5 aliphatic rings. The second kappa shape index (κ2) is 11.7. The van der Waals surface area contributed by atoms with Gasteiger partial charge in [-0.2, -0.15) is 0 Å². The van der Waals surface area contributed by atoms with E-state index in [1.165, 1.54) is 12.8 Å². The maximum atomic E-state index is 13.6. The van der Waals surface area contributed by atoms with Crippen LogP contribution in [0.2, 0.25) is 0 Å². The van der Waals surface area contributed by atoms with E-state index < -0.39 is 22.9 Å². The van der Waals surface area contributed by atoms with Gasteiger partial charge in [0, 0.05) is 12.0 Å². The van der Waals surface area contributed by atoms with Crippen LogP contribution in [0.25, 0.3) is 0 Å². The van der Waals surface area contributed by atoms with Crippen molar-refractivity contribution in [1.29, 1.82) is 0 Å². The molecule has 8 heteroatoms. The Morgan fingerprint density at radius 3 is 2.00 bits per heavy atom. The Bertz CT molecular complexity index is 904. The third kappa shape index (κ3) is 5.96. The van der Waals surface area contributed by atoms with E-state index in [0.717, 1.165) is 51.4 Å². The van der Waals surface area contributed by atoms with Gasteiger partial charge in [-0.05, 0) is 70.1 Å². The molecular formula is C30H44O8. The van der Waals surface area contributed by atoms with Crippen molar-refractivity contribution in [2.45, 2.75) is 121 Å². The van der Waals surface area contributed by atoms with Crippen LogP contribution < -0.4 is 0 Å². The number of hydrogen-bond donors (Lipinski definition) is 0. The molecule has 5 fully saturated rings. The SMILES string of the molecule is C=C(C)C(=O)OC12CC3CC(C(=O)OCOC4CCCCC4)(CC(C(=O)OCOC4CCCCC4)C3C1)C2. The third-order valence-electron chi connectivity index (χ3n) is 9.78. The van der Waals surface area contributed by atoms with E-state index in [1.807, 2.05) is 0 Å². The molecule has 0 spiro atoms. The number of hydrogen-bond acceptors (Lipinski definition) is 8. The van der Waals surface area contributed by atoms with Gasteiger partial charge in [-0.1, -0.05) is 45.1 Å². The van der Waals surface area contributed by atoms with Gasteiger partial charge in [0.25, 0.3) is 0 Å². The number of ether oxygens (including phenoxy) is 5. The summed E-state index contributed by atoms with van der Waals surface area (Å²) in [6.45, 7) is 5.23. The van der Waals surface area contributed by atoms with Crippen LogP contribution >= 0.6 is 0 Å². The second-order valence-electron chi connectivity index (χ2n) is 12.6. The highest BCUT2D eigenvalue weighted by atomic mass is 16.7. The summed E-state index contributed by atoms with van der Waals surface area (Å²) in [5.41, 5.74) is -1.37. The minimum atomic E-state index is -0.908. The van der Waals surface area contributed by atoms with Gasteiger partial charge in [-0.15, -0.1) is 0 Å². The molecule has 5 rings (SSSR count). The molecular weight excluding hydrogens is 488 g/mol. The first kappa shape index (κ1) is 27.6. The molecule has 0 N–H and O–H groups in total. The quantitative estimate of drug-likeness (QED) is 0.160. The van der Waals surface area contributed by atoms with E-state index in [2.05, 4.69) is 6.58 Å². The molecule has 8 nitrogen and oxygen atoms in total. The van der Waals surface area contributed by atoms with Crippen molar-refractivity contribution >= 4 is 17.9 Å². The molecule has 0 aliphatic heterocycles. The van der Waals surface area contributed by atoms with Crippen LogP contribution in [0.15, 0.2) is 12.2 Å². The summed E-state index contributed by atoms with van der Waals surface area (Å²) in [5.74, 6) is -1.50. The molecule has 212 valence electrons. The van der Waals surface area contributed by atoms with Crippen molar-refractivity contribution < 1.29 is 38.1 Å². The summed E-state index contributed by atoms with van der Waals surface area (Å²) in [6, 6.07) is 0. The Hall–Kier alpha value is -1.93. The van der Waals surface area contributed by atoms with Crippen LogP contribution in [0.5, 0.6) is 0 Å². The molecule has 0 radical (unpaired) electrons. The lowest BCUT2D eigenvalue weighted by Gasteiger charge is -2.47. The van der Waals surface area contributed by atoms with E-state index in [-0.39, 0.29) is 49.6 Å². The van der Waals surface area contributed by atoms with Gasteiger partial charge in [-0.25, -0.2) is 4.79 Å². The molecule has 0 amide bonds. The Labute approximate surface area is 226 Å². The number of fused-ring (bicyclic) bond motifs is 2. The highest BCUT2D eigenvalue weighted by Crippen LogP contribution is 2.65. The molecule has 0 heterocycles. The summed E-state index contributed by atoms with van der Waals surface area (Å²) >= 11 is 0. The summed E-state index contributed by atoms with van der Waals surface area (Å²) in [5, 5.41) is 0. The molecule has 38 heavy (non-hydrogen) atoms. The Morgan fingerprint density at radius 2 is 1.39 bits per heavy atom. The molecule has 0 aromatic heterocycles. The van der Waals surface area contributed by atoms with E-state index in [9.17, 15) is 14.4 Å². The van der Waals surface area contributed by atoms with Crippen LogP contribution in [0.3, 0.4) is 0 Å². The van der Waals surface area contributed by atoms with Crippen molar-refractivity contribution in [2.75, 3.05) is 13.6 Å². The maximum absolute atomic E-state index is 13.6. The second-order valence-corrected chi connectivity index (χ2v) is 12.6. The van der Waals surface area contributed by atoms with Crippen molar-refractivity contribution in [3.8, 4) is 0 Å².